The summed E-state index contributed by atoms with van der Waals surface area (Å²) in [5, 5.41) is 4.49. The third-order valence-corrected chi connectivity index (χ3v) is 3.13. The van der Waals surface area contributed by atoms with Crippen LogP contribution in [0.2, 0.25) is 0 Å². The van der Waals surface area contributed by atoms with Crippen LogP contribution in [0.1, 0.15) is 18.2 Å². The lowest BCUT2D eigenvalue weighted by atomic mass is 10.0. The molecule has 0 saturated carbocycles. The van der Waals surface area contributed by atoms with Gasteiger partial charge in [0.25, 0.3) is 0 Å². The van der Waals surface area contributed by atoms with Crippen molar-refractivity contribution in [2.24, 2.45) is 12.8 Å². The normalized spacial score (nSPS) is 10.7. The highest BCUT2D eigenvalue weighted by Crippen LogP contribution is 2.30. The molecule has 1 aromatic carbocycles. The van der Waals surface area contributed by atoms with Gasteiger partial charge in [-0.15, -0.1) is 0 Å². The van der Waals surface area contributed by atoms with Gasteiger partial charge in [0.1, 0.15) is 5.75 Å². The molecule has 0 spiro atoms. The summed E-state index contributed by atoms with van der Waals surface area (Å²) in [6.45, 7) is 2.62. The zero-order valence-corrected chi connectivity index (χ0v) is 11.1. The Balaban J connectivity index is 2.53. The Morgan fingerprint density at radius 1 is 1.33 bits per heavy atom. The topological polar surface area (TPSA) is 53.1 Å². The Kier molecular flexibility index (Phi) is 3.67. The van der Waals surface area contributed by atoms with Gasteiger partial charge >= 0.3 is 0 Å². The molecule has 0 atom stereocenters. The van der Waals surface area contributed by atoms with Crippen LogP contribution >= 0.6 is 0 Å². The highest BCUT2D eigenvalue weighted by molar-refractivity contribution is 5.68. The van der Waals surface area contributed by atoms with Crippen LogP contribution in [0.25, 0.3) is 11.3 Å². The summed E-state index contributed by atoms with van der Waals surface area (Å²) in [5.41, 5.74) is 9.88. The van der Waals surface area contributed by atoms with Gasteiger partial charge in [0.05, 0.1) is 18.5 Å². The lowest BCUT2D eigenvalue weighted by Gasteiger charge is -2.08. The predicted molar refractivity (Wildman–Crippen MR) is 72.5 cm³/mol. The molecule has 0 radical (unpaired) electrons. The molecule has 4 heteroatoms. The van der Waals surface area contributed by atoms with Crippen molar-refractivity contribution in [2.45, 2.75) is 19.9 Å². The van der Waals surface area contributed by atoms with Crippen molar-refractivity contribution in [1.29, 1.82) is 0 Å². The van der Waals surface area contributed by atoms with Crippen LogP contribution in [0, 0.1) is 0 Å². The van der Waals surface area contributed by atoms with Crippen LogP contribution in [0.5, 0.6) is 5.75 Å². The number of nitrogens with two attached hydrogens (primary N) is 1. The smallest absolute Gasteiger partial charge is 0.128 e. The average molecular weight is 245 g/mol. The minimum Gasteiger partial charge on any atom is -0.496 e. The first-order chi connectivity index (χ1) is 8.69. The minimum atomic E-state index is 0.485. The molecule has 0 aliphatic rings. The molecule has 1 heterocycles. The Labute approximate surface area is 107 Å². The van der Waals surface area contributed by atoms with Gasteiger partial charge in [-0.3, -0.25) is 4.68 Å². The molecule has 2 N–H and O–H groups in total. The summed E-state index contributed by atoms with van der Waals surface area (Å²) in [6.07, 6.45) is 0.994. The van der Waals surface area contributed by atoms with Gasteiger partial charge in [0.2, 0.25) is 0 Å². The zero-order chi connectivity index (χ0) is 13.1. The largest absolute Gasteiger partial charge is 0.496 e. The van der Waals surface area contributed by atoms with Gasteiger partial charge in [0, 0.05) is 19.2 Å². The lowest BCUT2D eigenvalue weighted by Crippen LogP contribution is -2.03. The summed E-state index contributed by atoms with van der Waals surface area (Å²) < 4.78 is 7.21. The van der Waals surface area contributed by atoms with E-state index in [1.54, 1.807) is 7.11 Å². The lowest BCUT2D eigenvalue weighted by molar-refractivity contribution is 0.416. The molecule has 0 bridgehead atoms. The van der Waals surface area contributed by atoms with E-state index < -0.39 is 0 Å². The van der Waals surface area contributed by atoms with E-state index in [2.05, 4.69) is 24.2 Å². The van der Waals surface area contributed by atoms with E-state index in [0.717, 1.165) is 29.1 Å². The maximum Gasteiger partial charge on any atom is 0.128 e. The van der Waals surface area contributed by atoms with Gasteiger partial charge < -0.3 is 10.5 Å². The van der Waals surface area contributed by atoms with Gasteiger partial charge in [0.15, 0.2) is 0 Å². The maximum absolute atomic E-state index is 5.68. The number of hydrogen-bond donors (Lipinski definition) is 1. The number of aryl methyl sites for hydroxylation is 2. The third-order valence-electron chi connectivity index (χ3n) is 3.13. The maximum atomic E-state index is 5.68. The van der Waals surface area contributed by atoms with Gasteiger partial charge in [-0.25, -0.2) is 0 Å². The highest BCUT2D eigenvalue weighted by atomic mass is 16.5. The first-order valence-electron chi connectivity index (χ1n) is 6.09. The molecule has 0 amide bonds. The third kappa shape index (κ3) is 2.24. The van der Waals surface area contributed by atoms with E-state index in [4.69, 9.17) is 10.5 Å². The quantitative estimate of drug-likeness (QED) is 0.897. The van der Waals surface area contributed by atoms with Crippen LogP contribution in [0.3, 0.4) is 0 Å². The van der Waals surface area contributed by atoms with E-state index in [9.17, 15) is 0 Å². The average Bonchev–Trinajstić information content (AvgIpc) is 2.79. The zero-order valence-electron chi connectivity index (χ0n) is 11.1. The van der Waals surface area contributed by atoms with Crippen LogP contribution in [-0.4, -0.2) is 16.9 Å². The van der Waals surface area contributed by atoms with Crippen LogP contribution in [0.4, 0.5) is 0 Å². The number of methoxy groups -OCH3 is 1. The fourth-order valence-corrected chi connectivity index (χ4v) is 2.00. The summed E-state index contributed by atoms with van der Waals surface area (Å²) in [6, 6.07) is 8.21. The fourth-order valence-electron chi connectivity index (χ4n) is 2.00. The predicted octanol–water partition coefficient (Wildman–Crippen LogP) is 2.12. The summed E-state index contributed by atoms with van der Waals surface area (Å²) in [4.78, 5) is 0. The first kappa shape index (κ1) is 12.6. The van der Waals surface area contributed by atoms with Crippen LogP contribution < -0.4 is 10.5 Å². The number of aromatic nitrogens is 2. The van der Waals surface area contributed by atoms with Crippen molar-refractivity contribution < 1.29 is 4.74 Å². The number of ether oxygens (including phenoxy) is 1. The van der Waals surface area contributed by atoms with E-state index in [0.29, 0.717) is 6.54 Å². The molecule has 2 rings (SSSR count). The van der Waals surface area contributed by atoms with Crippen LogP contribution in [0.15, 0.2) is 24.3 Å². The molecule has 4 nitrogen and oxygen atoms in total. The van der Waals surface area contributed by atoms with Crippen molar-refractivity contribution in [3.8, 4) is 17.0 Å². The number of rotatable bonds is 4. The molecule has 0 fully saturated rings. The van der Waals surface area contributed by atoms with Crippen LogP contribution in [-0.2, 0) is 20.0 Å². The highest BCUT2D eigenvalue weighted by Gasteiger charge is 2.11. The molecule has 96 valence electrons. The van der Waals surface area contributed by atoms with Crippen molar-refractivity contribution in [2.75, 3.05) is 7.11 Å². The van der Waals surface area contributed by atoms with Crippen molar-refractivity contribution in [3.63, 3.8) is 0 Å². The molecule has 0 aliphatic heterocycles. The molecule has 0 saturated heterocycles. The monoisotopic (exact) mass is 245 g/mol. The van der Waals surface area contributed by atoms with Crippen molar-refractivity contribution in [1.82, 2.24) is 9.78 Å². The van der Waals surface area contributed by atoms with Gasteiger partial charge in [-0.05, 0) is 30.2 Å². The summed E-state index contributed by atoms with van der Waals surface area (Å²) in [7, 11) is 3.58. The van der Waals surface area contributed by atoms with E-state index >= 15 is 0 Å². The Morgan fingerprint density at radius 2 is 2.11 bits per heavy atom. The van der Waals surface area contributed by atoms with Crippen molar-refractivity contribution >= 4 is 0 Å². The summed E-state index contributed by atoms with van der Waals surface area (Å²) >= 11 is 0. The molecule has 18 heavy (non-hydrogen) atoms. The second-order valence-corrected chi connectivity index (χ2v) is 4.24. The summed E-state index contributed by atoms with van der Waals surface area (Å²) in [5.74, 6) is 0.842. The number of benzene rings is 1. The Bertz CT molecular complexity index is 546. The van der Waals surface area contributed by atoms with E-state index in [1.165, 1.54) is 5.56 Å². The minimum absolute atomic E-state index is 0.485. The Morgan fingerprint density at radius 3 is 2.67 bits per heavy atom. The van der Waals surface area contributed by atoms with E-state index in [-0.39, 0.29) is 0 Å². The molecule has 2 aromatic rings. The standard InChI is InChI=1S/C14H19N3O/c1-4-10-5-6-14(18-3)12(7-10)13-8-11(9-15)17(2)16-13/h5-8H,4,9,15H2,1-3H3. The van der Waals surface area contributed by atoms with Gasteiger partial charge in [-0.2, -0.15) is 5.10 Å². The fraction of sp³-hybridized carbons (Fsp3) is 0.357. The second-order valence-electron chi connectivity index (χ2n) is 4.24. The molecule has 0 aliphatic carbocycles. The van der Waals surface area contributed by atoms with E-state index in [1.807, 2.05) is 23.9 Å². The second kappa shape index (κ2) is 5.23. The number of nitrogens with zero attached hydrogens (tertiary/aromatic N) is 2. The van der Waals surface area contributed by atoms with Gasteiger partial charge in [-0.1, -0.05) is 13.0 Å². The Hall–Kier alpha value is -1.81. The molecular weight excluding hydrogens is 226 g/mol. The molecule has 1 aromatic heterocycles. The molecule has 0 unspecified atom stereocenters. The molecular formula is C14H19N3O. The van der Waals surface area contributed by atoms with Crippen molar-refractivity contribution in [3.05, 3.63) is 35.5 Å². The number of hydrogen-bond acceptors (Lipinski definition) is 3. The first-order valence-corrected chi connectivity index (χ1v) is 6.09. The SMILES string of the molecule is CCc1ccc(OC)c(-c2cc(CN)n(C)n2)c1.